The molecule has 28 heavy (non-hydrogen) atoms. The number of aromatic nitrogens is 2. The Kier molecular flexibility index (Phi) is 5.59. The lowest BCUT2D eigenvalue weighted by Crippen LogP contribution is -2.03. The van der Waals surface area contributed by atoms with Crippen molar-refractivity contribution in [2.24, 2.45) is 0 Å². The van der Waals surface area contributed by atoms with Crippen LogP contribution in [0.4, 0.5) is 23.0 Å². The summed E-state index contributed by atoms with van der Waals surface area (Å²) in [5.74, 6) is 1.95. The molecule has 0 saturated heterocycles. The van der Waals surface area contributed by atoms with Crippen molar-refractivity contribution in [3.8, 4) is 11.5 Å². The fourth-order valence-electron chi connectivity index (χ4n) is 2.61. The molecule has 3 N–H and O–H groups in total. The lowest BCUT2D eigenvalue weighted by Gasteiger charge is -2.13. The average Bonchev–Trinajstić information content (AvgIpc) is 2.68. The van der Waals surface area contributed by atoms with E-state index in [0.29, 0.717) is 34.6 Å². The number of hydrogen-bond donors (Lipinski definition) is 3. The van der Waals surface area contributed by atoms with Crippen molar-refractivity contribution in [3.05, 3.63) is 59.9 Å². The summed E-state index contributed by atoms with van der Waals surface area (Å²) < 4.78 is 10.6. The zero-order chi connectivity index (χ0) is 20.1. The Hall–Kier alpha value is -3.81. The number of benzene rings is 2. The minimum Gasteiger partial charge on any atom is -0.497 e. The summed E-state index contributed by atoms with van der Waals surface area (Å²) in [6.07, 6.45) is 0. The largest absolute Gasteiger partial charge is 0.497 e. The fourth-order valence-corrected chi connectivity index (χ4v) is 2.61. The van der Waals surface area contributed by atoms with Gasteiger partial charge in [-0.2, -0.15) is 0 Å². The van der Waals surface area contributed by atoms with Crippen molar-refractivity contribution in [3.63, 3.8) is 0 Å². The highest BCUT2D eigenvalue weighted by molar-refractivity contribution is 5.89. The predicted octanol–water partition coefficient (Wildman–Crippen LogP) is 3.99. The number of nitrogens with one attached hydrogen (secondary N) is 2. The van der Waals surface area contributed by atoms with E-state index in [0.717, 1.165) is 5.69 Å². The van der Waals surface area contributed by atoms with Crippen molar-refractivity contribution in [2.45, 2.75) is 6.92 Å². The van der Waals surface area contributed by atoms with Crippen LogP contribution in [-0.4, -0.2) is 35.3 Å². The molecule has 0 aliphatic rings. The molecule has 0 aliphatic carbocycles. The van der Waals surface area contributed by atoms with E-state index in [1.54, 1.807) is 51.5 Å². The van der Waals surface area contributed by atoms with Gasteiger partial charge >= 0.3 is 5.97 Å². The Labute approximate surface area is 162 Å². The molecule has 0 bridgehead atoms. The van der Waals surface area contributed by atoms with Crippen LogP contribution in [0.25, 0.3) is 0 Å². The second kappa shape index (κ2) is 8.26. The molecule has 3 aromatic rings. The quantitative estimate of drug-likeness (QED) is 0.565. The van der Waals surface area contributed by atoms with Crippen LogP contribution >= 0.6 is 0 Å². The van der Waals surface area contributed by atoms with E-state index < -0.39 is 5.97 Å². The fraction of sp³-hybridized carbons (Fsp3) is 0.150. The zero-order valence-corrected chi connectivity index (χ0v) is 15.7. The second-order valence-electron chi connectivity index (χ2n) is 5.89. The molecular formula is C20H20N4O4. The summed E-state index contributed by atoms with van der Waals surface area (Å²) in [5, 5.41) is 15.4. The van der Waals surface area contributed by atoms with Gasteiger partial charge in [-0.15, -0.1) is 0 Å². The van der Waals surface area contributed by atoms with E-state index in [2.05, 4.69) is 20.6 Å². The van der Waals surface area contributed by atoms with Crippen molar-refractivity contribution in [1.82, 2.24) is 9.97 Å². The van der Waals surface area contributed by atoms with Gasteiger partial charge in [0, 0.05) is 17.8 Å². The standard InChI is InChI=1S/C20H20N4O4/c1-12-21-18(23-14-6-4-5-13(9-14)20(25)26)11-19(22-12)24-16-8-7-15(27-2)10-17(16)28-3/h4-11H,1-3H3,(H,25,26)(H2,21,22,23,24). The van der Waals surface area contributed by atoms with Crippen LogP contribution in [0.1, 0.15) is 16.2 Å². The average molecular weight is 380 g/mol. The van der Waals surface area contributed by atoms with Crippen LogP contribution in [0.2, 0.25) is 0 Å². The number of aromatic carboxylic acids is 1. The van der Waals surface area contributed by atoms with Gasteiger partial charge in [0.1, 0.15) is 29.0 Å². The van der Waals surface area contributed by atoms with Crippen molar-refractivity contribution >= 4 is 29.0 Å². The molecule has 2 aromatic carbocycles. The van der Waals surface area contributed by atoms with Crippen LogP contribution in [0.3, 0.4) is 0 Å². The number of ether oxygens (including phenoxy) is 2. The lowest BCUT2D eigenvalue weighted by atomic mass is 10.2. The third-order valence-electron chi connectivity index (χ3n) is 3.89. The summed E-state index contributed by atoms with van der Waals surface area (Å²) in [7, 11) is 3.17. The van der Waals surface area contributed by atoms with Gasteiger partial charge in [-0.3, -0.25) is 0 Å². The van der Waals surface area contributed by atoms with Crippen LogP contribution in [-0.2, 0) is 0 Å². The maximum atomic E-state index is 11.1. The number of hydrogen-bond acceptors (Lipinski definition) is 7. The van der Waals surface area contributed by atoms with Crippen LogP contribution < -0.4 is 20.1 Å². The smallest absolute Gasteiger partial charge is 0.335 e. The van der Waals surface area contributed by atoms with Crippen LogP contribution in [0.15, 0.2) is 48.5 Å². The summed E-state index contributed by atoms with van der Waals surface area (Å²) >= 11 is 0. The molecule has 1 aromatic heterocycles. The van der Waals surface area contributed by atoms with Gasteiger partial charge in [-0.05, 0) is 37.3 Å². The number of carboxylic acids is 1. The zero-order valence-electron chi connectivity index (χ0n) is 15.7. The maximum absolute atomic E-state index is 11.1. The first-order valence-electron chi connectivity index (χ1n) is 8.43. The monoisotopic (exact) mass is 380 g/mol. The number of nitrogens with zero attached hydrogens (tertiary/aromatic N) is 2. The SMILES string of the molecule is COc1ccc(Nc2cc(Nc3cccc(C(=O)O)c3)nc(C)n2)c(OC)c1. The molecule has 3 rings (SSSR count). The first kappa shape index (κ1) is 19.0. The van der Waals surface area contributed by atoms with Gasteiger partial charge in [-0.1, -0.05) is 6.07 Å². The second-order valence-corrected chi connectivity index (χ2v) is 5.89. The van der Waals surface area contributed by atoms with E-state index >= 15 is 0 Å². The molecule has 0 aliphatic heterocycles. The molecule has 0 spiro atoms. The van der Waals surface area contributed by atoms with Crippen LogP contribution in [0, 0.1) is 6.92 Å². The minimum atomic E-state index is -0.989. The molecule has 0 radical (unpaired) electrons. The van der Waals surface area contributed by atoms with E-state index in [-0.39, 0.29) is 5.56 Å². The molecule has 0 atom stereocenters. The molecule has 1 heterocycles. The highest BCUT2D eigenvalue weighted by atomic mass is 16.5. The topological polar surface area (TPSA) is 106 Å². The Morgan fingerprint density at radius 2 is 1.71 bits per heavy atom. The third kappa shape index (κ3) is 4.47. The van der Waals surface area contributed by atoms with Gasteiger partial charge in [-0.25, -0.2) is 14.8 Å². The molecule has 144 valence electrons. The Morgan fingerprint density at radius 3 is 2.39 bits per heavy atom. The lowest BCUT2D eigenvalue weighted by molar-refractivity contribution is 0.0697. The first-order valence-corrected chi connectivity index (χ1v) is 8.43. The summed E-state index contributed by atoms with van der Waals surface area (Å²) in [5.41, 5.74) is 1.53. The Morgan fingerprint density at radius 1 is 0.964 bits per heavy atom. The van der Waals surface area contributed by atoms with E-state index in [9.17, 15) is 4.79 Å². The molecule has 0 unspecified atom stereocenters. The summed E-state index contributed by atoms with van der Waals surface area (Å²) in [6.45, 7) is 1.77. The van der Waals surface area contributed by atoms with Crippen molar-refractivity contribution in [2.75, 3.05) is 24.9 Å². The van der Waals surface area contributed by atoms with Gasteiger partial charge in [0.25, 0.3) is 0 Å². The Balaban J connectivity index is 1.86. The highest BCUT2D eigenvalue weighted by Gasteiger charge is 2.09. The maximum Gasteiger partial charge on any atom is 0.335 e. The molecule has 8 nitrogen and oxygen atoms in total. The number of methoxy groups -OCH3 is 2. The van der Waals surface area contributed by atoms with Crippen molar-refractivity contribution in [1.29, 1.82) is 0 Å². The van der Waals surface area contributed by atoms with Gasteiger partial charge < -0.3 is 25.2 Å². The summed E-state index contributed by atoms with van der Waals surface area (Å²) in [6, 6.07) is 13.6. The number of anilines is 4. The van der Waals surface area contributed by atoms with Gasteiger partial charge in [0.2, 0.25) is 0 Å². The molecule has 0 amide bonds. The molecule has 0 fully saturated rings. The summed E-state index contributed by atoms with van der Waals surface area (Å²) in [4.78, 5) is 19.9. The van der Waals surface area contributed by atoms with E-state index in [1.807, 2.05) is 12.1 Å². The van der Waals surface area contributed by atoms with Crippen molar-refractivity contribution < 1.29 is 19.4 Å². The number of carbonyl (C=O) groups is 1. The minimum absolute atomic E-state index is 0.192. The predicted molar refractivity (Wildman–Crippen MR) is 106 cm³/mol. The molecular weight excluding hydrogens is 360 g/mol. The van der Waals surface area contributed by atoms with Gasteiger partial charge in [0.15, 0.2) is 0 Å². The van der Waals surface area contributed by atoms with E-state index in [4.69, 9.17) is 14.6 Å². The first-order chi connectivity index (χ1) is 13.5. The van der Waals surface area contributed by atoms with E-state index in [1.165, 1.54) is 6.07 Å². The number of aryl methyl sites for hydroxylation is 1. The number of rotatable bonds is 7. The Bertz CT molecular complexity index is 1010. The van der Waals surface area contributed by atoms with Gasteiger partial charge in [0.05, 0.1) is 25.5 Å². The molecule has 0 saturated carbocycles. The third-order valence-corrected chi connectivity index (χ3v) is 3.89. The van der Waals surface area contributed by atoms with Crippen LogP contribution in [0.5, 0.6) is 11.5 Å². The number of carboxylic acid groups (broad SMARTS) is 1. The molecule has 8 heteroatoms. The highest BCUT2D eigenvalue weighted by Crippen LogP contribution is 2.31. The normalized spacial score (nSPS) is 10.2.